The molecule has 1 atom stereocenters. The lowest BCUT2D eigenvalue weighted by Crippen LogP contribution is -2.42. The summed E-state index contributed by atoms with van der Waals surface area (Å²) < 4.78 is 38.7. The molecule has 1 aliphatic carbocycles. The molecule has 2 N–H and O–H groups in total. The SMILES string of the molecule is CC(NCc1cc(F)c(F)c(F)c1)C(=O)NC1CC1. The van der Waals surface area contributed by atoms with Crippen molar-refractivity contribution in [2.75, 3.05) is 0 Å². The Morgan fingerprint density at radius 1 is 1.32 bits per heavy atom. The first kappa shape index (κ1) is 13.9. The van der Waals surface area contributed by atoms with Crippen molar-refractivity contribution >= 4 is 5.91 Å². The first-order chi connectivity index (χ1) is 8.97. The third-order valence-electron chi connectivity index (χ3n) is 2.97. The lowest BCUT2D eigenvalue weighted by molar-refractivity contribution is -0.122. The smallest absolute Gasteiger partial charge is 0.237 e. The highest BCUT2D eigenvalue weighted by Gasteiger charge is 2.25. The minimum atomic E-state index is -1.48. The zero-order chi connectivity index (χ0) is 14.0. The minimum absolute atomic E-state index is 0.0906. The fraction of sp³-hybridized carbons (Fsp3) is 0.462. The van der Waals surface area contributed by atoms with Crippen LogP contribution in [0.25, 0.3) is 0 Å². The lowest BCUT2D eigenvalue weighted by Gasteiger charge is -2.14. The second-order valence-electron chi connectivity index (χ2n) is 4.76. The first-order valence-electron chi connectivity index (χ1n) is 6.14. The molecule has 1 aliphatic rings. The normalized spacial score (nSPS) is 16.2. The molecule has 104 valence electrons. The highest BCUT2D eigenvalue weighted by Crippen LogP contribution is 2.18. The summed E-state index contributed by atoms with van der Waals surface area (Å²) in [4.78, 5) is 11.6. The van der Waals surface area contributed by atoms with Crippen molar-refractivity contribution in [1.82, 2.24) is 10.6 Å². The van der Waals surface area contributed by atoms with Crippen molar-refractivity contribution in [3.8, 4) is 0 Å². The van der Waals surface area contributed by atoms with E-state index in [1.54, 1.807) is 6.92 Å². The van der Waals surface area contributed by atoms with E-state index in [4.69, 9.17) is 0 Å². The molecule has 0 radical (unpaired) electrons. The first-order valence-corrected chi connectivity index (χ1v) is 6.14. The van der Waals surface area contributed by atoms with Gasteiger partial charge in [0.1, 0.15) is 0 Å². The van der Waals surface area contributed by atoms with Crippen molar-refractivity contribution in [3.05, 3.63) is 35.1 Å². The molecule has 0 heterocycles. The van der Waals surface area contributed by atoms with Gasteiger partial charge in [-0.3, -0.25) is 4.79 Å². The van der Waals surface area contributed by atoms with Crippen LogP contribution in [0.1, 0.15) is 25.3 Å². The number of halogens is 3. The van der Waals surface area contributed by atoms with E-state index in [1.165, 1.54) is 0 Å². The number of rotatable bonds is 5. The number of benzene rings is 1. The van der Waals surface area contributed by atoms with E-state index < -0.39 is 23.5 Å². The number of hydrogen-bond acceptors (Lipinski definition) is 2. The molecule has 1 unspecified atom stereocenters. The van der Waals surface area contributed by atoms with E-state index in [-0.39, 0.29) is 24.1 Å². The number of hydrogen-bond donors (Lipinski definition) is 2. The Kier molecular flexibility index (Phi) is 4.09. The van der Waals surface area contributed by atoms with Crippen molar-refractivity contribution in [2.24, 2.45) is 0 Å². The highest BCUT2D eigenvalue weighted by molar-refractivity contribution is 5.81. The number of carbonyl (C=O) groups is 1. The van der Waals surface area contributed by atoms with E-state index in [0.717, 1.165) is 25.0 Å². The number of nitrogens with one attached hydrogen (secondary N) is 2. The molecule has 0 saturated heterocycles. The Bertz CT molecular complexity index is 466. The zero-order valence-electron chi connectivity index (χ0n) is 10.5. The van der Waals surface area contributed by atoms with Gasteiger partial charge in [0.15, 0.2) is 17.5 Å². The molecule has 0 aliphatic heterocycles. The molecule has 1 aromatic carbocycles. The molecule has 0 spiro atoms. The van der Waals surface area contributed by atoms with Crippen LogP contribution in [0.2, 0.25) is 0 Å². The Hall–Kier alpha value is -1.56. The van der Waals surface area contributed by atoms with Gasteiger partial charge < -0.3 is 10.6 Å². The molecule has 3 nitrogen and oxygen atoms in total. The maximum Gasteiger partial charge on any atom is 0.237 e. The molecule has 6 heteroatoms. The lowest BCUT2D eigenvalue weighted by atomic mass is 10.2. The maximum absolute atomic E-state index is 13.0. The van der Waals surface area contributed by atoms with Crippen molar-refractivity contribution < 1.29 is 18.0 Å². The molecule has 0 aromatic heterocycles. The van der Waals surface area contributed by atoms with Gasteiger partial charge in [0, 0.05) is 12.6 Å². The zero-order valence-corrected chi connectivity index (χ0v) is 10.5. The molecule has 1 amide bonds. The summed E-state index contributed by atoms with van der Waals surface area (Å²) in [5, 5.41) is 5.65. The topological polar surface area (TPSA) is 41.1 Å². The highest BCUT2D eigenvalue weighted by atomic mass is 19.2. The standard InChI is InChI=1S/C13H15F3N2O/c1-7(13(19)18-9-2-3-9)17-6-8-4-10(14)12(16)11(15)5-8/h4-5,7,9,17H,2-3,6H2,1H3,(H,18,19). The van der Waals surface area contributed by atoms with Gasteiger partial charge in [-0.1, -0.05) is 0 Å². The third kappa shape index (κ3) is 3.70. The monoisotopic (exact) mass is 272 g/mol. The van der Waals surface area contributed by atoms with Gasteiger partial charge in [0.2, 0.25) is 5.91 Å². The van der Waals surface area contributed by atoms with E-state index in [2.05, 4.69) is 10.6 Å². The van der Waals surface area contributed by atoms with Gasteiger partial charge in [-0.15, -0.1) is 0 Å². The van der Waals surface area contributed by atoms with Crippen molar-refractivity contribution in [3.63, 3.8) is 0 Å². The maximum atomic E-state index is 13.0. The van der Waals surface area contributed by atoms with Crippen molar-refractivity contribution in [2.45, 2.75) is 38.4 Å². The Balaban J connectivity index is 1.88. The van der Waals surface area contributed by atoms with E-state index in [1.807, 2.05) is 0 Å². The molecule has 0 bridgehead atoms. The second-order valence-corrected chi connectivity index (χ2v) is 4.76. The summed E-state index contributed by atoms with van der Waals surface area (Å²) in [6, 6.07) is 1.61. The van der Waals surface area contributed by atoms with Gasteiger partial charge in [0.25, 0.3) is 0 Å². The molecule has 1 fully saturated rings. The summed E-state index contributed by atoms with van der Waals surface area (Å²) >= 11 is 0. The van der Waals surface area contributed by atoms with E-state index in [0.29, 0.717) is 0 Å². The predicted molar refractivity (Wildman–Crippen MR) is 63.8 cm³/mol. The molecule has 2 rings (SSSR count). The number of amides is 1. The Morgan fingerprint density at radius 3 is 2.42 bits per heavy atom. The van der Waals surface area contributed by atoms with Gasteiger partial charge >= 0.3 is 0 Å². The van der Waals surface area contributed by atoms with Crippen LogP contribution < -0.4 is 10.6 Å². The van der Waals surface area contributed by atoms with Crippen LogP contribution in [0.5, 0.6) is 0 Å². The molecule has 1 aromatic rings. The average molecular weight is 272 g/mol. The summed E-state index contributed by atoms with van der Waals surface area (Å²) in [5.41, 5.74) is 0.252. The van der Waals surface area contributed by atoms with Crippen LogP contribution in [-0.4, -0.2) is 18.0 Å². The van der Waals surface area contributed by atoms with Crippen LogP contribution in [0.15, 0.2) is 12.1 Å². The molecular weight excluding hydrogens is 257 g/mol. The summed E-state index contributed by atoms with van der Waals surface area (Å²) in [5.74, 6) is -4.09. The largest absolute Gasteiger partial charge is 0.352 e. The van der Waals surface area contributed by atoms with Gasteiger partial charge in [-0.2, -0.15) is 0 Å². The summed E-state index contributed by atoms with van der Waals surface area (Å²) in [6.45, 7) is 1.75. The summed E-state index contributed by atoms with van der Waals surface area (Å²) in [7, 11) is 0. The fourth-order valence-electron chi connectivity index (χ4n) is 1.63. The third-order valence-corrected chi connectivity index (χ3v) is 2.97. The van der Waals surface area contributed by atoms with Crippen LogP contribution in [0.4, 0.5) is 13.2 Å². The quantitative estimate of drug-likeness (QED) is 0.803. The van der Waals surface area contributed by atoms with Gasteiger partial charge in [0.05, 0.1) is 6.04 Å². The second kappa shape index (κ2) is 5.61. The summed E-state index contributed by atoms with van der Waals surface area (Å²) in [6.07, 6.45) is 1.99. The van der Waals surface area contributed by atoms with Crippen LogP contribution in [0, 0.1) is 17.5 Å². The van der Waals surface area contributed by atoms with Crippen LogP contribution in [0.3, 0.4) is 0 Å². The Labute approximate surface area is 109 Å². The van der Waals surface area contributed by atoms with Crippen LogP contribution >= 0.6 is 0 Å². The Morgan fingerprint density at radius 2 is 1.89 bits per heavy atom. The average Bonchev–Trinajstić information content (AvgIpc) is 3.16. The van der Waals surface area contributed by atoms with Gasteiger partial charge in [-0.25, -0.2) is 13.2 Å². The molecule has 1 saturated carbocycles. The molecule has 19 heavy (non-hydrogen) atoms. The van der Waals surface area contributed by atoms with Crippen molar-refractivity contribution in [1.29, 1.82) is 0 Å². The van der Waals surface area contributed by atoms with Crippen LogP contribution in [-0.2, 0) is 11.3 Å². The fourth-order valence-corrected chi connectivity index (χ4v) is 1.63. The minimum Gasteiger partial charge on any atom is -0.352 e. The van der Waals surface area contributed by atoms with E-state index >= 15 is 0 Å². The predicted octanol–water partition coefficient (Wildman–Crippen LogP) is 1.86. The van der Waals surface area contributed by atoms with Gasteiger partial charge in [-0.05, 0) is 37.5 Å². The van der Waals surface area contributed by atoms with E-state index in [9.17, 15) is 18.0 Å². The number of carbonyl (C=O) groups excluding carboxylic acids is 1. The molecular formula is C13H15F3N2O.